The van der Waals surface area contributed by atoms with Crippen LogP contribution in [0.1, 0.15) is 17.6 Å². The minimum atomic E-state index is -2.60. The molecular formula is C7H9F2N3. The average Bonchev–Trinajstić information content (AvgIpc) is 1.97. The molecule has 0 atom stereocenters. The summed E-state index contributed by atoms with van der Waals surface area (Å²) in [5.41, 5.74) is 10.6. The first-order chi connectivity index (χ1) is 5.54. The second-order valence-electron chi connectivity index (χ2n) is 2.45. The van der Waals surface area contributed by atoms with Crippen LogP contribution in [0.4, 0.5) is 20.3 Å². The first-order valence-electron chi connectivity index (χ1n) is 3.32. The number of nitrogens with zero attached hydrogens (tertiary/aromatic N) is 1. The van der Waals surface area contributed by atoms with Gasteiger partial charge < -0.3 is 11.5 Å². The number of aromatic nitrogens is 1. The Morgan fingerprint density at radius 2 is 2.00 bits per heavy atom. The summed E-state index contributed by atoms with van der Waals surface area (Å²) < 4.78 is 24.6. The van der Waals surface area contributed by atoms with Crippen molar-refractivity contribution in [3.63, 3.8) is 0 Å². The molecule has 0 saturated carbocycles. The van der Waals surface area contributed by atoms with E-state index < -0.39 is 6.43 Å². The van der Waals surface area contributed by atoms with E-state index in [9.17, 15) is 8.78 Å². The number of halogens is 2. The van der Waals surface area contributed by atoms with Crippen molar-refractivity contribution < 1.29 is 8.78 Å². The van der Waals surface area contributed by atoms with Crippen LogP contribution >= 0.6 is 0 Å². The van der Waals surface area contributed by atoms with Gasteiger partial charge in [0.25, 0.3) is 6.43 Å². The third kappa shape index (κ3) is 1.30. The Kier molecular flexibility index (Phi) is 2.12. The van der Waals surface area contributed by atoms with E-state index in [1.54, 1.807) is 0 Å². The Bertz CT molecular complexity index is 299. The molecule has 0 unspecified atom stereocenters. The minimum Gasteiger partial charge on any atom is -0.395 e. The molecule has 1 heterocycles. The van der Waals surface area contributed by atoms with Crippen molar-refractivity contribution in [3.8, 4) is 0 Å². The van der Waals surface area contributed by atoms with Crippen molar-refractivity contribution >= 4 is 11.5 Å². The molecule has 0 aliphatic carbocycles. The van der Waals surface area contributed by atoms with E-state index >= 15 is 0 Å². The minimum absolute atomic E-state index is 0.0455. The molecule has 0 radical (unpaired) electrons. The highest BCUT2D eigenvalue weighted by Crippen LogP contribution is 2.30. The smallest absolute Gasteiger partial charge is 0.266 e. The summed E-state index contributed by atoms with van der Waals surface area (Å²) in [7, 11) is 0. The quantitative estimate of drug-likeness (QED) is 0.676. The van der Waals surface area contributed by atoms with Crippen molar-refractivity contribution in [2.24, 2.45) is 0 Å². The van der Waals surface area contributed by atoms with Crippen LogP contribution in [-0.2, 0) is 0 Å². The maximum absolute atomic E-state index is 12.3. The molecule has 66 valence electrons. The molecule has 0 spiro atoms. The standard InChI is InChI=1S/C7H9F2N3/c1-3-2-12-7(11)5(10)4(3)6(8)9/h2,6H,10H2,1H3,(H2,11,12). The molecule has 0 fully saturated rings. The summed E-state index contributed by atoms with van der Waals surface area (Å²) in [6, 6.07) is 0. The Hall–Kier alpha value is -1.39. The van der Waals surface area contributed by atoms with E-state index in [4.69, 9.17) is 11.5 Å². The number of nitrogens with two attached hydrogens (primary N) is 2. The molecular weight excluding hydrogens is 164 g/mol. The van der Waals surface area contributed by atoms with Gasteiger partial charge in [-0.25, -0.2) is 13.8 Å². The fourth-order valence-corrected chi connectivity index (χ4v) is 0.946. The maximum Gasteiger partial charge on any atom is 0.266 e. The first-order valence-corrected chi connectivity index (χ1v) is 3.32. The van der Waals surface area contributed by atoms with Gasteiger partial charge in [0.1, 0.15) is 5.82 Å². The van der Waals surface area contributed by atoms with Crippen LogP contribution in [-0.4, -0.2) is 4.98 Å². The van der Waals surface area contributed by atoms with Crippen LogP contribution in [0.3, 0.4) is 0 Å². The van der Waals surface area contributed by atoms with E-state index in [1.807, 2.05) is 0 Å². The number of pyridine rings is 1. The molecule has 0 aliphatic rings. The van der Waals surface area contributed by atoms with E-state index in [1.165, 1.54) is 13.1 Å². The predicted molar refractivity (Wildman–Crippen MR) is 42.8 cm³/mol. The molecule has 4 N–H and O–H groups in total. The van der Waals surface area contributed by atoms with Crippen LogP contribution in [0.25, 0.3) is 0 Å². The number of hydrogen-bond donors (Lipinski definition) is 2. The lowest BCUT2D eigenvalue weighted by atomic mass is 10.1. The van der Waals surface area contributed by atoms with Gasteiger partial charge in [-0.2, -0.15) is 0 Å². The van der Waals surface area contributed by atoms with Crippen molar-refractivity contribution in [1.82, 2.24) is 4.98 Å². The zero-order chi connectivity index (χ0) is 9.30. The lowest BCUT2D eigenvalue weighted by Crippen LogP contribution is -2.04. The van der Waals surface area contributed by atoms with Gasteiger partial charge in [0.05, 0.1) is 5.69 Å². The van der Waals surface area contributed by atoms with Gasteiger partial charge in [0, 0.05) is 11.8 Å². The number of hydrogen-bond acceptors (Lipinski definition) is 3. The van der Waals surface area contributed by atoms with E-state index in [-0.39, 0.29) is 17.1 Å². The predicted octanol–water partition coefficient (Wildman–Crippen LogP) is 1.49. The monoisotopic (exact) mass is 173 g/mol. The second kappa shape index (κ2) is 2.92. The van der Waals surface area contributed by atoms with Gasteiger partial charge in [-0.15, -0.1) is 0 Å². The number of nitrogen functional groups attached to an aromatic ring is 2. The zero-order valence-electron chi connectivity index (χ0n) is 6.51. The van der Waals surface area contributed by atoms with Crippen molar-refractivity contribution in [2.45, 2.75) is 13.3 Å². The molecule has 1 aromatic heterocycles. The lowest BCUT2D eigenvalue weighted by molar-refractivity contribution is 0.151. The van der Waals surface area contributed by atoms with E-state index in [2.05, 4.69) is 4.98 Å². The third-order valence-corrected chi connectivity index (χ3v) is 1.61. The molecule has 0 amide bonds. The van der Waals surface area contributed by atoms with Gasteiger partial charge in [-0.05, 0) is 12.5 Å². The SMILES string of the molecule is Cc1cnc(N)c(N)c1C(F)F. The van der Waals surface area contributed by atoms with Crippen molar-refractivity contribution in [3.05, 3.63) is 17.3 Å². The van der Waals surface area contributed by atoms with Crippen LogP contribution < -0.4 is 11.5 Å². The molecule has 0 aromatic carbocycles. The molecule has 1 rings (SSSR count). The number of rotatable bonds is 1. The Labute approximate surface area is 68.4 Å². The summed E-state index contributed by atoms with van der Waals surface area (Å²) in [6.07, 6.45) is -1.32. The number of aryl methyl sites for hydroxylation is 1. The first kappa shape index (κ1) is 8.70. The van der Waals surface area contributed by atoms with Gasteiger partial charge >= 0.3 is 0 Å². The summed E-state index contributed by atoms with van der Waals surface area (Å²) in [4.78, 5) is 3.64. The van der Waals surface area contributed by atoms with E-state index in [0.29, 0.717) is 5.56 Å². The number of alkyl halides is 2. The third-order valence-electron chi connectivity index (χ3n) is 1.61. The normalized spacial score (nSPS) is 10.7. The van der Waals surface area contributed by atoms with Gasteiger partial charge in [-0.1, -0.05) is 0 Å². The fourth-order valence-electron chi connectivity index (χ4n) is 0.946. The van der Waals surface area contributed by atoms with Crippen LogP contribution in [0.5, 0.6) is 0 Å². The molecule has 1 aromatic rings. The molecule has 5 heteroatoms. The highest BCUT2D eigenvalue weighted by molar-refractivity contribution is 5.65. The largest absolute Gasteiger partial charge is 0.395 e. The number of anilines is 2. The van der Waals surface area contributed by atoms with Crippen LogP contribution in [0.15, 0.2) is 6.20 Å². The molecule has 0 bridgehead atoms. The molecule has 3 nitrogen and oxygen atoms in total. The summed E-state index contributed by atoms with van der Waals surface area (Å²) in [5, 5.41) is 0. The van der Waals surface area contributed by atoms with Crippen LogP contribution in [0.2, 0.25) is 0 Å². The molecule has 0 aliphatic heterocycles. The summed E-state index contributed by atoms with van der Waals surface area (Å²) >= 11 is 0. The second-order valence-corrected chi connectivity index (χ2v) is 2.45. The zero-order valence-corrected chi connectivity index (χ0v) is 6.51. The highest BCUT2D eigenvalue weighted by Gasteiger charge is 2.16. The van der Waals surface area contributed by atoms with Gasteiger partial charge in [0.2, 0.25) is 0 Å². The lowest BCUT2D eigenvalue weighted by Gasteiger charge is -2.08. The Morgan fingerprint density at radius 1 is 1.42 bits per heavy atom. The topological polar surface area (TPSA) is 64.9 Å². The fraction of sp³-hybridized carbons (Fsp3) is 0.286. The maximum atomic E-state index is 12.3. The van der Waals surface area contributed by atoms with Crippen molar-refractivity contribution in [1.29, 1.82) is 0 Å². The van der Waals surface area contributed by atoms with Crippen molar-refractivity contribution in [2.75, 3.05) is 11.5 Å². The molecule has 0 saturated heterocycles. The van der Waals surface area contributed by atoms with E-state index in [0.717, 1.165) is 0 Å². The van der Waals surface area contributed by atoms with Gasteiger partial charge in [0.15, 0.2) is 0 Å². The summed E-state index contributed by atoms with van der Waals surface area (Å²) in [6.45, 7) is 1.52. The highest BCUT2D eigenvalue weighted by atomic mass is 19.3. The average molecular weight is 173 g/mol. The van der Waals surface area contributed by atoms with Gasteiger partial charge in [-0.3, -0.25) is 0 Å². The van der Waals surface area contributed by atoms with Crippen LogP contribution in [0, 0.1) is 6.92 Å². The Balaban J connectivity index is 3.33. The molecule has 12 heavy (non-hydrogen) atoms. The summed E-state index contributed by atoms with van der Waals surface area (Å²) in [5.74, 6) is -0.0455. The Morgan fingerprint density at radius 3 is 2.42 bits per heavy atom.